The summed E-state index contributed by atoms with van der Waals surface area (Å²) in [7, 11) is 0. The van der Waals surface area contributed by atoms with Crippen molar-refractivity contribution in [3.8, 4) is 6.07 Å². The van der Waals surface area contributed by atoms with Gasteiger partial charge in [0.15, 0.2) is 11.6 Å². The zero-order valence-electron chi connectivity index (χ0n) is 6.19. The van der Waals surface area contributed by atoms with E-state index in [0.29, 0.717) is 12.1 Å². The Morgan fingerprint density at radius 1 is 1.23 bits per heavy atom. The predicted octanol–water partition coefficient (Wildman–Crippen LogP) is 2.77. The van der Waals surface area contributed by atoms with Crippen LogP contribution in [0.1, 0.15) is 17.6 Å². The number of nitriles is 1. The van der Waals surface area contributed by atoms with Gasteiger partial charge in [0.2, 0.25) is 0 Å². The van der Waals surface area contributed by atoms with Crippen LogP contribution in [0, 0.1) is 23.0 Å². The van der Waals surface area contributed by atoms with Crippen LogP contribution in [0.25, 0.3) is 0 Å². The van der Waals surface area contributed by atoms with E-state index < -0.39 is 29.2 Å². The van der Waals surface area contributed by atoms with Crippen LogP contribution in [0.3, 0.4) is 0 Å². The number of benzene rings is 1. The van der Waals surface area contributed by atoms with Gasteiger partial charge in [-0.2, -0.15) is 5.26 Å². The van der Waals surface area contributed by atoms with Gasteiger partial charge in [0.25, 0.3) is 6.43 Å². The molecule has 0 aliphatic rings. The third-order valence-corrected chi connectivity index (χ3v) is 1.42. The van der Waals surface area contributed by atoms with E-state index in [-0.39, 0.29) is 0 Å². The molecule has 1 aromatic rings. The van der Waals surface area contributed by atoms with Crippen molar-refractivity contribution < 1.29 is 17.6 Å². The molecule has 13 heavy (non-hydrogen) atoms. The molecule has 0 amide bonds. The largest absolute Gasteiger partial charge is 0.264 e. The van der Waals surface area contributed by atoms with E-state index in [2.05, 4.69) is 0 Å². The van der Waals surface area contributed by atoms with Crippen LogP contribution in [0.4, 0.5) is 17.6 Å². The Labute approximate surface area is 71.2 Å². The van der Waals surface area contributed by atoms with Gasteiger partial charge in [0, 0.05) is 5.56 Å². The molecule has 0 saturated carbocycles. The second-order valence-corrected chi connectivity index (χ2v) is 2.28. The second-order valence-electron chi connectivity index (χ2n) is 2.28. The third-order valence-electron chi connectivity index (χ3n) is 1.42. The molecule has 0 atom stereocenters. The highest BCUT2D eigenvalue weighted by Gasteiger charge is 2.15. The topological polar surface area (TPSA) is 23.8 Å². The summed E-state index contributed by atoms with van der Waals surface area (Å²) >= 11 is 0. The molecule has 0 spiro atoms. The number of rotatable bonds is 1. The first-order valence-corrected chi connectivity index (χ1v) is 3.23. The van der Waals surface area contributed by atoms with Gasteiger partial charge < -0.3 is 0 Å². The monoisotopic (exact) mass is 189 g/mol. The average molecular weight is 189 g/mol. The summed E-state index contributed by atoms with van der Waals surface area (Å²) in [5.41, 5.74) is -1.41. The average Bonchev–Trinajstić information content (AvgIpc) is 2.09. The molecule has 0 aliphatic heterocycles. The molecule has 0 unspecified atom stereocenters. The lowest BCUT2D eigenvalue weighted by molar-refractivity contribution is 0.150. The second kappa shape index (κ2) is 3.44. The highest BCUT2D eigenvalue weighted by atomic mass is 19.3. The minimum absolute atomic E-state index is 0.376. The van der Waals surface area contributed by atoms with E-state index in [1.807, 2.05) is 0 Å². The Kier molecular flexibility index (Phi) is 2.52. The molecule has 0 radical (unpaired) electrons. The third kappa shape index (κ3) is 1.78. The molecule has 0 bridgehead atoms. The Balaban J connectivity index is 3.32. The van der Waals surface area contributed by atoms with E-state index in [0.717, 1.165) is 0 Å². The van der Waals surface area contributed by atoms with Gasteiger partial charge >= 0.3 is 0 Å². The van der Waals surface area contributed by atoms with Crippen molar-refractivity contribution in [2.45, 2.75) is 6.43 Å². The van der Waals surface area contributed by atoms with Crippen molar-refractivity contribution in [3.63, 3.8) is 0 Å². The maximum atomic E-state index is 12.6. The predicted molar refractivity (Wildman–Crippen MR) is 36.0 cm³/mol. The molecule has 0 aromatic heterocycles. The molecule has 0 fully saturated rings. The van der Waals surface area contributed by atoms with E-state index in [4.69, 9.17) is 5.26 Å². The lowest BCUT2D eigenvalue weighted by atomic mass is 10.1. The highest BCUT2D eigenvalue weighted by Crippen LogP contribution is 2.22. The maximum Gasteiger partial charge on any atom is 0.264 e. The summed E-state index contributed by atoms with van der Waals surface area (Å²) < 4.78 is 49.1. The molecule has 5 heteroatoms. The van der Waals surface area contributed by atoms with Gasteiger partial charge in [-0.25, -0.2) is 17.6 Å². The summed E-state index contributed by atoms with van der Waals surface area (Å²) in [5.74, 6) is -2.83. The normalized spacial score (nSPS) is 10.2. The fourth-order valence-electron chi connectivity index (χ4n) is 0.817. The van der Waals surface area contributed by atoms with Crippen LogP contribution in [0.15, 0.2) is 12.1 Å². The van der Waals surface area contributed by atoms with Crippen LogP contribution < -0.4 is 0 Å². The summed E-state index contributed by atoms with van der Waals surface area (Å²) in [6.45, 7) is 0. The first-order valence-electron chi connectivity index (χ1n) is 3.23. The van der Waals surface area contributed by atoms with Crippen LogP contribution in [0.5, 0.6) is 0 Å². The zero-order chi connectivity index (χ0) is 10.0. The van der Waals surface area contributed by atoms with Crippen LogP contribution >= 0.6 is 0 Å². The van der Waals surface area contributed by atoms with E-state index in [1.165, 1.54) is 6.07 Å². The van der Waals surface area contributed by atoms with Crippen LogP contribution in [0.2, 0.25) is 0 Å². The highest BCUT2D eigenvalue weighted by molar-refractivity contribution is 5.35. The van der Waals surface area contributed by atoms with Gasteiger partial charge in [-0.05, 0) is 12.1 Å². The Morgan fingerprint density at radius 3 is 2.31 bits per heavy atom. The van der Waals surface area contributed by atoms with Gasteiger partial charge in [0.05, 0.1) is 5.56 Å². The fourth-order valence-corrected chi connectivity index (χ4v) is 0.817. The van der Waals surface area contributed by atoms with Gasteiger partial charge in [0.1, 0.15) is 6.07 Å². The summed E-state index contributed by atoms with van der Waals surface area (Å²) in [6.07, 6.45) is -2.91. The van der Waals surface area contributed by atoms with E-state index >= 15 is 0 Å². The molecular formula is C8H3F4N. The van der Waals surface area contributed by atoms with E-state index in [9.17, 15) is 17.6 Å². The molecule has 0 heterocycles. The summed E-state index contributed by atoms with van der Waals surface area (Å²) in [5, 5.41) is 8.25. The Morgan fingerprint density at radius 2 is 1.85 bits per heavy atom. The first kappa shape index (κ1) is 9.52. The molecule has 0 N–H and O–H groups in total. The molecule has 1 rings (SSSR count). The quantitative estimate of drug-likeness (QED) is 0.623. The number of hydrogen-bond acceptors (Lipinski definition) is 1. The number of alkyl halides is 2. The molecule has 68 valence electrons. The smallest absolute Gasteiger partial charge is 0.205 e. The van der Waals surface area contributed by atoms with Crippen molar-refractivity contribution in [1.29, 1.82) is 5.26 Å². The Bertz CT molecular complexity index is 367. The van der Waals surface area contributed by atoms with Crippen LogP contribution in [-0.2, 0) is 0 Å². The molecule has 0 saturated heterocycles. The van der Waals surface area contributed by atoms with Crippen molar-refractivity contribution in [2.24, 2.45) is 0 Å². The summed E-state index contributed by atoms with van der Waals surface area (Å²) in [6, 6.07) is 2.29. The lowest BCUT2D eigenvalue weighted by Crippen LogP contribution is -1.94. The first-order chi connectivity index (χ1) is 6.06. The van der Waals surface area contributed by atoms with Crippen molar-refractivity contribution in [3.05, 3.63) is 34.9 Å². The zero-order valence-corrected chi connectivity index (χ0v) is 6.19. The van der Waals surface area contributed by atoms with Crippen molar-refractivity contribution >= 4 is 0 Å². The minimum Gasteiger partial charge on any atom is -0.205 e. The molecular weight excluding hydrogens is 186 g/mol. The molecule has 1 aromatic carbocycles. The lowest BCUT2D eigenvalue weighted by Gasteiger charge is -2.01. The van der Waals surface area contributed by atoms with E-state index in [1.54, 1.807) is 0 Å². The van der Waals surface area contributed by atoms with Gasteiger partial charge in [-0.1, -0.05) is 0 Å². The molecule has 1 nitrogen and oxygen atoms in total. The Hall–Kier alpha value is -1.57. The number of nitrogens with zero attached hydrogens (tertiary/aromatic N) is 1. The standard InChI is InChI=1S/C8H3F4N/c9-6-2-4(8(11)12)1-5(3-13)7(6)10/h1-2,8H. The van der Waals surface area contributed by atoms with Crippen molar-refractivity contribution in [1.82, 2.24) is 0 Å². The molecule has 0 aliphatic carbocycles. The summed E-state index contributed by atoms with van der Waals surface area (Å²) in [4.78, 5) is 0. The SMILES string of the molecule is N#Cc1cc(C(F)F)cc(F)c1F. The fraction of sp³-hybridized carbons (Fsp3) is 0.125. The number of halogens is 4. The maximum absolute atomic E-state index is 12.6. The minimum atomic E-state index is -2.91. The van der Waals surface area contributed by atoms with Crippen molar-refractivity contribution in [2.75, 3.05) is 0 Å². The van der Waals surface area contributed by atoms with Crippen LogP contribution in [-0.4, -0.2) is 0 Å². The number of hydrogen-bond donors (Lipinski definition) is 0. The van der Waals surface area contributed by atoms with Gasteiger partial charge in [-0.3, -0.25) is 0 Å². The van der Waals surface area contributed by atoms with Gasteiger partial charge in [-0.15, -0.1) is 0 Å².